The maximum Gasteiger partial charge on any atom is 0.417 e. The lowest BCUT2D eigenvalue weighted by Gasteiger charge is -2.21. The third-order valence-electron chi connectivity index (χ3n) is 3.40. The molecule has 0 aliphatic carbocycles. The smallest absolute Gasteiger partial charge is 0.417 e. The van der Waals surface area contributed by atoms with Crippen molar-refractivity contribution >= 4 is 27.3 Å². The summed E-state index contributed by atoms with van der Waals surface area (Å²) in [7, 11) is -2.02. The third kappa shape index (κ3) is 3.82. The van der Waals surface area contributed by atoms with Crippen molar-refractivity contribution in [3.63, 3.8) is 0 Å². The van der Waals surface area contributed by atoms with E-state index >= 15 is 0 Å². The zero-order valence-electron chi connectivity index (χ0n) is 12.9. The Morgan fingerprint density at radius 3 is 2.28 bits per heavy atom. The molecule has 0 aliphatic rings. The molecule has 0 radical (unpaired) electrons. The number of hydrogen-bond donors (Lipinski definition) is 0. The summed E-state index contributed by atoms with van der Waals surface area (Å²) in [6.45, 7) is 0. The molecule has 0 saturated carbocycles. The highest BCUT2D eigenvalue weighted by Gasteiger charge is 2.34. The van der Waals surface area contributed by atoms with Gasteiger partial charge in [0.2, 0.25) is 0 Å². The zero-order chi connectivity index (χ0) is 19.0. The molecule has 0 spiro atoms. The van der Waals surface area contributed by atoms with Crippen molar-refractivity contribution in [3.8, 4) is 5.75 Å². The van der Waals surface area contributed by atoms with Gasteiger partial charge in [0.15, 0.2) is 11.6 Å². The van der Waals surface area contributed by atoms with Crippen LogP contribution in [0.25, 0.3) is 0 Å². The molecule has 2 aromatic carbocycles. The largest absolute Gasteiger partial charge is 0.494 e. The van der Waals surface area contributed by atoms with Crippen molar-refractivity contribution in [1.82, 2.24) is 0 Å². The molecule has 2 rings (SSSR count). The molecule has 25 heavy (non-hydrogen) atoms. The molecular weight excluding hydrogens is 386 g/mol. The average molecular weight is 398 g/mol. The van der Waals surface area contributed by atoms with Crippen LogP contribution in [-0.2, 0) is 16.2 Å². The summed E-state index contributed by atoms with van der Waals surface area (Å²) in [5.41, 5.74) is -1.44. The first-order chi connectivity index (χ1) is 11.5. The molecule has 0 atom stereocenters. The first-order valence-electron chi connectivity index (χ1n) is 6.67. The predicted molar refractivity (Wildman–Crippen MR) is 85.0 cm³/mol. The van der Waals surface area contributed by atoms with Crippen molar-refractivity contribution < 1.29 is 30.7 Å². The van der Waals surface area contributed by atoms with Crippen molar-refractivity contribution in [3.05, 3.63) is 52.8 Å². The van der Waals surface area contributed by atoms with Crippen molar-refractivity contribution in [1.29, 1.82) is 0 Å². The molecule has 0 aliphatic heterocycles. The summed E-state index contributed by atoms with van der Waals surface area (Å²) in [4.78, 5) is -0.434. The molecule has 0 unspecified atom stereocenters. The second-order valence-corrected chi connectivity index (χ2v) is 7.31. The first-order valence-corrected chi connectivity index (χ1v) is 8.49. The summed E-state index contributed by atoms with van der Waals surface area (Å²) in [6.07, 6.45) is -4.75. The topological polar surface area (TPSA) is 46.6 Å². The van der Waals surface area contributed by atoms with Crippen LogP contribution in [0.2, 0.25) is 5.02 Å². The minimum atomic E-state index is -4.75. The summed E-state index contributed by atoms with van der Waals surface area (Å²) < 4.78 is 82.9. The highest BCUT2D eigenvalue weighted by atomic mass is 35.5. The predicted octanol–water partition coefficient (Wildman–Crippen LogP) is 4.33. The van der Waals surface area contributed by atoms with E-state index in [1.165, 1.54) is 7.11 Å². The van der Waals surface area contributed by atoms with Crippen molar-refractivity contribution in [2.45, 2.75) is 11.1 Å². The number of hydrogen-bond acceptors (Lipinski definition) is 3. The molecule has 0 saturated heterocycles. The van der Waals surface area contributed by atoms with E-state index in [1.54, 1.807) is 0 Å². The number of rotatable bonds is 4. The number of nitrogens with zero attached hydrogens (tertiary/aromatic N) is 1. The number of methoxy groups -OCH3 is 1. The van der Waals surface area contributed by atoms with E-state index in [0.717, 1.165) is 37.4 Å². The number of ether oxygens (including phenoxy) is 1. The van der Waals surface area contributed by atoms with Crippen LogP contribution in [0, 0.1) is 5.82 Å². The number of alkyl halides is 3. The Morgan fingerprint density at radius 2 is 1.76 bits per heavy atom. The van der Waals surface area contributed by atoms with Crippen LogP contribution in [0.5, 0.6) is 5.75 Å². The molecule has 2 aromatic rings. The lowest BCUT2D eigenvalue weighted by molar-refractivity contribution is -0.137. The second kappa shape index (κ2) is 6.72. The van der Waals surface area contributed by atoms with Crippen molar-refractivity contribution in [2.24, 2.45) is 0 Å². The van der Waals surface area contributed by atoms with Gasteiger partial charge in [-0.15, -0.1) is 0 Å². The van der Waals surface area contributed by atoms with Gasteiger partial charge in [0, 0.05) is 7.05 Å². The fraction of sp³-hybridized carbons (Fsp3) is 0.200. The normalized spacial score (nSPS) is 12.1. The summed E-state index contributed by atoms with van der Waals surface area (Å²) in [6, 6.07) is 5.60. The highest BCUT2D eigenvalue weighted by molar-refractivity contribution is 7.92. The van der Waals surface area contributed by atoms with Crippen LogP contribution in [0.3, 0.4) is 0 Å². The van der Waals surface area contributed by atoms with E-state index in [0.29, 0.717) is 10.4 Å². The molecule has 0 amide bonds. The van der Waals surface area contributed by atoms with Gasteiger partial charge in [-0.1, -0.05) is 11.6 Å². The zero-order valence-corrected chi connectivity index (χ0v) is 14.5. The van der Waals surface area contributed by atoms with Gasteiger partial charge in [-0.2, -0.15) is 13.2 Å². The van der Waals surface area contributed by atoms with E-state index in [1.807, 2.05) is 0 Å². The van der Waals surface area contributed by atoms with E-state index in [4.69, 9.17) is 16.3 Å². The fourth-order valence-corrected chi connectivity index (χ4v) is 3.46. The quantitative estimate of drug-likeness (QED) is 0.721. The molecule has 10 heteroatoms. The minimum Gasteiger partial charge on any atom is -0.494 e. The van der Waals surface area contributed by atoms with E-state index in [-0.39, 0.29) is 11.4 Å². The van der Waals surface area contributed by atoms with Gasteiger partial charge >= 0.3 is 6.18 Å². The van der Waals surface area contributed by atoms with E-state index in [9.17, 15) is 26.0 Å². The van der Waals surface area contributed by atoms with Crippen LogP contribution < -0.4 is 9.04 Å². The minimum absolute atomic E-state index is 0.160. The molecule has 0 heterocycles. The molecule has 0 bridgehead atoms. The summed E-state index contributed by atoms with van der Waals surface area (Å²) in [5, 5.41) is -0.558. The van der Waals surface area contributed by atoms with Gasteiger partial charge < -0.3 is 4.74 Å². The highest BCUT2D eigenvalue weighted by Crippen LogP contribution is 2.37. The van der Waals surface area contributed by atoms with Gasteiger partial charge in [-0.3, -0.25) is 4.31 Å². The molecule has 0 N–H and O–H groups in total. The van der Waals surface area contributed by atoms with Gasteiger partial charge in [0.05, 0.1) is 28.3 Å². The van der Waals surface area contributed by atoms with Crippen LogP contribution >= 0.6 is 11.6 Å². The lowest BCUT2D eigenvalue weighted by Crippen LogP contribution is -2.27. The van der Waals surface area contributed by atoms with Crippen LogP contribution in [0.1, 0.15) is 5.56 Å². The van der Waals surface area contributed by atoms with E-state index < -0.39 is 37.5 Å². The van der Waals surface area contributed by atoms with Crippen LogP contribution in [0.4, 0.5) is 23.2 Å². The Morgan fingerprint density at radius 1 is 1.12 bits per heavy atom. The molecule has 136 valence electrons. The fourth-order valence-electron chi connectivity index (χ4n) is 2.03. The van der Waals surface area contributed by atoms with Gasteiger partial charge in [-0.05, 0) is 36.4 Å². The molecule has 0 aromatic heterocycles. The molecule has 0 fully saturated rings. The average Bonchev–Trinajstić information content (AvgIpc) is 2.53. The number of sulfonamides is 1. The van der Waals surface area contributed by atoms with Crippen LogP contribution in [-0.4, -0.2) is 22.6 Å². The molecule has 4 nitrogen and oxygen atoms in total. The maximum absolute atomic E-state index is 13.7. The Kier molecular flexibility index (Phi) is 5.19. The van der Waals surface area contributed by atoms with Crippen LogP contribution in [0.15, 0.2) is 41.3 Å². The first kappa shape index (κ1) is 19.3. The number of halogens is 5. The second-order valence-electron chi connectivity index (χ2n) is 4.93. The Labute approximate surface area is 146 Å². The van der Waals surface area contributed by atoms with Gasteiger partial charge in [-0.25, -0.2) is 12.8 Å². The van der Waals surface area contributed by atoms with Gasteiger partial charge in [0.25, 0.3) is 10.0 Å². The Bertz CT molecular complexity index is 900. The Hall–Kier alpha value is -2.00. The summed E-state index contributed by atoms with van der Waals surface area (Å²) in [5.74, 6) is -1.07. The SMILES string of the molecule is COc1ccc(S(=O)(=O)N(C)c2ccc(Cl)c(C(F)(F)F)c2)cc1F. The monoisotopic (exact) mass is 397 g/mol. The number of anilines is 1. The van der Waals surface area contributed by atoms with Crippen molar-refractivity contribution in [2.75, 3.05) is 18.5 Å². The van der Waals surface area contributed by atoms with E-state index in [2.05, 4.69) is 0 Å². The molecular formula is C15H12ClF4NO3S. The van der Waals surface area contributed by atoms with Gasteiger partial charge in [0.1, 0.15) is 0 Å². The standard InChI is InChI=1S/C15H12ClF4NO3S/c1-21(9-3-5-12(16)11(7-9)15(18,19)20)25(22,23)10-4-6-14(24-2)13(17)8-10/h3-8H,1-2H3. The Balaban J connectivity index is 2.49. The third-order valence-corrected chi connectivity index (χ3v) is 5.51. The lowest BCUT2D eigenvalue weighted by atomic mass is 10.2. The summed E-state index contributed by atoms with van der Waals surface area (Å²) >= 11 is 5.52. The number of benzene rings is 2. The maximum atomic E-state index is 13.7.